The molecule has 0 spiro atoms. The summed E-state index contributed by atoms with van der Waals surface area (Å²) in [6, 6.07) is 1.67. The maximum atomic E-state index is 12.6. The Labute approximate surface area is 99.9 Å². The first kappa shape index (κ1) is 13.7. The van der Waals surface area contributed by atoms with E-state index in [1.165, 1.54) is 7.05 Å². The minimum Gasteiger partial charge on any atom is -0.274 e. The molecule has 0 saturated heterocycles. The Morgan fingerprint density at radius 1 is 1.47 bits per heavy atom. The number of rotatable bonds is 2. The van der Waals surface area contributed by atoms with Gasteiger partial charge in [0, 0.05) is 7.05 Å². The zero-order valence-corrected chi connectivity index (χ0v) is 9.63. The fourth-order valence-electron chi connectivity index (χ4n) is 1.06. The summed E-state index contributed by atoms with van der Waals surface area (Å²) in [6.07, 6.45) is -4.68. The van der Waals surface area contributed by atoms with E-state index in [4.69, 9.17) is 11.6 Å². The summed E-state index contributed by atoms with van der Waals surface area (Å²) in [5.41, 5.74) is -1.95. The quantitative estimate of drug-likeness (QED) is 0.611. The predicted octanol–water partition coefficient (Wildman–Crippen LogP) is 2.39. The molecule has 1 rings (SSSR count). The van der Waals surface area contributed by atoms with Crippen LogP contribution in [0.25, 0.3) is 0 Å². The maximum Gasteiger partial charge on any atom is 0.418 e. The van der Waals surface area contributed by atoms with Gasteiger partial charge in [-0.2, -0.15) is 13.2 Å². The van der Waals surface area contributed by atoms with E-state index in [2.05, 4.69) is 9.82 Å². The highest BCUT2D eigenvalue weighted by Crippen LogP contribution is 2.32. The summed E-state index contributed by atoms with van der Waals surface area (Å²) in [5.74, 6) is -1.03. The van der Waals surface area contributed by atoms with Crippen LogP contribution in [0.3, 0.4) is 0 Å². The summed E-state index contributed by atoms with van der Waals surface area (Å²) in [6.45, 7) is 0. The van der Waals surface area contributed by atoms with Crippen molar-refractivity contribution in [2.45, 2.75) is 6.18 Å². The molecule has 0 aliphatic carbocycles. The molecule has 0 fully saturated rings. The van der Waals surface area contributed by atoms with E-state index in [0.717, 1.165) is 13.2 Å². The lowest BCUT2D eigenvalue weighted by Crippen LogP contribution is -2.29. The number of carbonyl (C=O) groups excluding carboxylic acids is 1. The number of pyridine rings is 1. The monoisotopic (exact) mass is 268 g/mol. The molecule has 17 heavy (non-hydrogen) atoms. The number of carbonyl (C=O) groups is 1. The third-order valence-corrected chi connectivity index (χ3v) is 2.14. The topological polar surface area (TPSA) is 42.4 Å². The molecule has 94 valence electrons. The van der Waals surface area contributed by atoms with E-state index < -0.39 is 23.3 Å². The van der Waals surface area contributed by atoms with Crippen LogP contribution in [-0.2, 0) is 11.0 Å². The molecule has 0 radical (unpaired) electrons. The van der Waals surface area contributed by atoms with Gasteiger partial charge in [0.1, 0.15) is 10.8 Å². The van der Waals surface area contributed by atoms with Gasteiger partial charge < -0.3 is 0 Å². The summed E-state index contributed by atoms with van der Waals surface area (Å²) in [7, 11) is 2.32. The average molecular weight is 269 g/mol. The fraction of sp³-hybridized carbons (Fsp3) is 0.333. The second-order valence-corrected chi connectivity index (χ2v) is 3.40. The number of hydroxylamine groups is 2. The van der Waals surface area contributed by atoms with Crippen LogP contribution in [0.2, 0.25) is 5.15 Å². The molecule has 0 aliphatic rings. The Morgan fingerprint density at radius 2 is 2.06 bits per heavy atom. The van der Waals surface area contributed by atoms with Gasteiger partial charge in [-0.25, -0.2) is 10.0 Å². The van der Waals surface area contributed by atoms with Crippen LogP contribution < -0.4 is 0 Å². The van der Waals surface area contributed by atoms with Gasteiger partial charge in [-0.15, -0.1) is 0 Å². The van der Waals surface area contributed by atoms with Crippen molar-refractivity contribution in [3.05, 3.63) is 28.5 Å². The van der Waals surface area contributed by atoms with E-state index in [9.17, 15) is 18.0 Å². The van der Waals surface area contributed by atoms with Gasteiger partial charge in [0.15, 0.2) is 0 Å². The molecule has 0 aliphatic heterocycles. The standard InChI is InChI=1S/C9H8ClF3N2O2/c1-15(17-2)8(16)7-5(9(11,12)13)3-4-6(10)14-7/h3-4H,1-2H3. The second-order valence-electron chi connectivity index (χ2n) is 3.01. The third kappa shape index (κ3) is 3.07. The number of aromatic nitrogens is 1. The lowest BCUT2D eigenvalue weighted by molar-refractivity contribution is -0.138. The highest BCUT2D eigenvalue weighted by atomic mass is 35.5. The predicted molar refractivity (Wildman–Crippen MR) is 53.4 cm³/mol. The maximum absolute atomic E-state index is 12.6. The van der Waals surface area contributed by atoms with Crippen molar-refractivity contribution < 1.29 is 22.8 Å². The molecule has 0 N–H and O–H groups in total. The zero-order chi connectivity index (χ0) is 13.2. The van der Waals surface area contributed by atoms with E-state index >= 15 is 0 Å². The van der Waals surface area contributed by atoms with E-state index in [1.54, 1.807) is 0 Å². The van der Waals surface area contributed by atoms with E-state index in [-0.39, 0.29) is 5.15 Å². The molecule has 1 aromatic rings. The third-order valence-electron chi connectivity index (χ3n) is 1.93. The Bertz CT molecular complexity index is 437. The molecule has 0 unspecified atom stereocenters. The minimum atomic E-state index is -4.68. The summed E-state index contributed by atoms with van der Waals surface area (Å²) >= 11 is 5.47. The minimum absolute atomic E-state index is 0.203. The normalized spacial score (nSPS) is 11.4. The van der Waals surface area contributed by atoms with Crippen LogP contribution >= 0.6 is 11.6 Å². The smallest absolute Gasteiger partial charge is 0.274 e. The van der Waals surface area contributed by atoms with Crippen LogP contribution in [0.4, 0.5) is 13.2 Å². The molecule has 1 amide bonds. The van der Waals surface area contributed by atoms with Crippen molar-refractivity contribution in [1.29, 1.82) is 0 Å². The molecule has 0 aromatic carbocycles. The van der Waals surface area contributed by atoms with Crippen molar-refractivity contribution in [3.63, 3.8) is 0 Å². The molecular formula is C9H8ClF3N2O2. The van der Waals surface area contributed by atoms with Crippen LogP contribution in [0.15, 0.2) is 12.1 Å². The average Bonchev–Trinajstić information content (AvgIpc) is 2.25. The molecule has 8 heteroatoms. The Kier molecular flexibility index (Phi) is 3.94. The number of nitrogens with zero attached hydrogens (tertiary/aromatic N) is 2. The van der Waals surface area contributed by atoms with E-state index in [0.29, 0.717) is 11.1 Å². The van der Waals surface area contributed by atoms with Gasteiger partial charge in [0.05, 0.1) is 12.7 Å². The first-order valence-corrected chi connectivity index (χ1v) is 4.71. The van der Waals surface area contributed by atoms with Crippen LogP contribution in [0, 0.1) is 0 Å². The van der Waals surface area contributed by atoms with Crippen molar-refractivity contribution in [1.82, 2.24) is 10.0 Å². The van der Waals surface area contributed by atoms with Crippen LogP contribution in [-0.4, -0.2) is 30.1 Å². The molecule has 0 saturated carbocycles. The largest absolute Gasteiger partial charge is 0.418 e. The zero-order valence-electron chi connectivity index (χ0n) is 8.88. The number of alkyl halides is 3. The fourth-order valence-corrected chi connectivity index (χ4v) is 1.21. The van der Waals surface area contributed by atoms with Crippen LogP contribution in [0.5, 0.6) is 0 Å². The van der Waals surface area contributed by atoms with E-state index in [1.807, 2.05) is 0 Å². The Hall–Kier alpha value is -1.34. The number of halogens is 4. The number of hydrogen-bond acceptors (Lipinski definition) is 3. The summed E-state index contributed by atoms with van der Waals surface area (Å²) in [5, 5.41) is 0.430. The number of amides is 1. The second kappa shape index (κ2) is 4.89. The highest BCUT2D eigenvalue weighted by Gasteiger charge is 2.37. The molecule has 4 nitrogen and oxygen atoms in total. The SMILES string of the molecule is CON(C)C(=O)c1nc(Cl)ccc1C(F)(F)F. The van der Waals surface area contributed by atoms with Crippen molar-refractivity contribution in [3.8, 4) is 0 Å². The van der Waals surface area contributed by atoms with Gasteiger partial charge in [0.25, 0.3) is 5.91 Å². The van der Waals surface area contributed by atoms with Gasteiger partial charge in [-0.1, -0.05) is 11.6 Å². The van der Waals surface area contributed by atoms with Gasteiger partial charge >= 0.3 is 6.18 Å². The lowest BCUT2D eigenvalue weighted by Gasteiger charge is -2.16. The molecule has 0 atom stereocenters. The Morgan fingerprint density at radius 3 is 2.53 bits per heavy atom. The summed E-state index contributed by atoms with van der Waals surface area (Å²) < 4.78 is 37.8. The van der Waals surface area contributed by atoms with Gasteiger partial charge in [-0.05, 0) is 12.1 Å². The molecular weight excluding hydrogens is 261 g/mol. The van der Waals surface area contributed by atoms with Crippen molar-refractivity contribution in [2.24, 2.45) is 0 Å². The lowest BCUT2D eigenvalue weighted by atomic mass is 10.2. The molecule has 1 aromatic heterocycles. The molecule has 1 heterocycles. The van der Waals surface area contributed by atoms with Crippen molar-refractivity contribution >= 4 is 17.5 Å². The van der Waals surface area contributed by atoms with Gasteiger partial charge in [0.2, 0.25) is 0 Å². The number of hydrogen-bond donors (Lipinski definition) is 0. The molecule has 0 bridgehead atoms. The van der Waals surface area contributed by atoms with Crippen LogP contribution in [0.1, 0.15) is 16.1 Å². The first-order valence-electron chi connectivity index (χ1n) is 4.33. The van der Waals surface area contributed by atoms with Crippen molar-refractivity contribution in [2.75, 3.05) is 14.2 Å². The summed E-state index contributed by atoms with van der Waals surface area (Å²) in [4.78, 5) is 19.5. The Balaban J connectivity index is 3.30. The van der Waals surface area contributed by atoms with Gasteiger partial charge in [-0.3, -0.25) is 9.63 Å². The highest BCUT2D eigenvalue weighted by molar-refractivity contribution is 6.29. The first-order chi connectivity index (χ1) is 7.77.